The number of carboxylic acid groups (broad SMARTS) is 1. The maximum absolute atomic E-state index is 11.0. The number of benzene rings is 1. The molecular formula is C16H13ClN4O3. The molecule has 1 N–H and O–H groups in total. The Hall–Kier alpha value is -2.93. The first-order valence-corrected chi connectivity index (χ1v) is 7.43. The average Bonchev–Trinajstić information content (AvgIpc) is 3.02. The number of pyridine rings is 1. The molecule has 0 aliphatic carbocycles. The molecule has 24 heavy (non-hydrogen) atoms. The van der Waals surface area contributed by atoms with Gasteiger partial charge in [0.25, 0.3) is 0 Å². The quantitative estimate of drug-likeness (QED) is 0.739. The molecule has 0 radical (unpaired) electrons. The van der Waals surface area contributed by atoms with Crippen molar-refractivity contribution in [2.24, 2.45) is 0 Å². The van der Waals surface area contributed by atoms with Crippen molar-refractivity contribution in [1.29, 1.82) is 0 Å². The minimum atomic E-state index is -1.02. The van der Waals surface area contributed by atoms with Crippen molar-refractivity contribution in [3.8, 4) is 5.75 Å². The van der Waals surface area contributed by atoms with Crippen LogP contribution in [0.2, 0.25) is 5.02 Å². The van der Waals surface area contributed by atoms with Crippen LogP contribution in [0.3, 0.4) is 0 Å². The van der Waals surface area contributed by atoms with Crippen molar-refractivity contribution < 1.29 is 14.6 Å². The van der Waals surface area contributed by atoms with E-state index < -0.39 is 5.97 Å². The number of halogens is 1. The van der Waals surface area contributed by atoms with Gasteiger partial charge in [-0.1, -0.05) is 28.9 Å². The van der Waals surface area contributed by atoms with Gasteiger partial charge in [0.2, 0.25) is 0 Å². The summed E-state index contributed by atoms with van der Waals surface area (Å²) >= 11 is 6.02. The average molecular weight is 345 g/mol. The third-order valence-corrected chi connectivity index (χ3v) is 3.50. The predicted octanol–water partition coefficient (Wildman–Crippen LogP) is 2.65. The summed E-state index contributed by atoms with van der Waals surface area (Å²) in [5.74, 6) is -0.441. The number of nitrogens with zero attached hydrogens (tertiary/aromatic N) is 4. The number of aromatic carboxylic acids is 1. The zero-order valence-electron chi connectivity index (χ0n) is 12.5. The van der Waals surface area contributed by atoms with Crippen LogP contribution in [0.5, 0.6) is 5.75 Å². The number of para-hydroxylation sites is 1. The van der Waals surface area contributed by atoms with Gasteiger partial charge in [-0.05, 0) is 23.8 Å². The summed E-state index contributed by atoms with van der Waals surface area (Å²) in [7, 11) is 0. The molecule has 0 aliphatic rings. The number of hydrogen-bond acceptors (Lipinski definition) is 5. The summed E-state index contributed by atoms with van der Waals surface area (Å²) in [6.45, 7) is 0.602. The fourth-order valence-electron chi connectivity index (χ4n) is 2.07. The Kier molecular flexibility index (Phi) is 4.72. The number of aromatic nitrogens is 4. The summed E-state index contributed by atoms with van der Waals surface area (Å²) in [4.78, 5) is 14.9. The normalized spacial score (nSPS) is 10.5. The van der Waals surface area contributed by atoms with Crippen molar-refractivity contribution in [3.63, 3.8) is 0 Å². The van der Waals surface area contributed by atoms with Crippen LogP contribution in [0.15, 0.2) is 48.9 Å². The van der Waals surface area contributed by atoms with Gasteiger partial charge in [0.1, 0.15) is 18.1 Å². The number of hydrogen-bond donors (Lipinski definition) is 1. The number of rotatable bonds is 6. The van der Waals surface area contributed by atoms with Gasteiger partial charge in [0.05, 0.1) is 23.3 Å². The van der Waals surface area contributed by atoms with Gasteiger partial charge in [0.15, 0.2) is 0 Å². The second-order valence-corrected chi connectivity index (χ2v) is 5.42. The fourth-order valence-corrected chi connectivity index (χ4v) is 2.26. The van der Waals surface area contributed by atoms with Crippen LogP contribution in [-0.2, 0) is 13.2 Å². The number of carbonyl (C=O) groups is 1. The third kappa shape index (κ3) is 3.88. The Bertz CT molecular complexity index is 866. The van der Waals surface area contributed by atoms with Gasteiger partial charge in [-0.3, -0.25) is 4.98 Å². The van der Waals surface area contributed by atoms with Gasteiger partial charge >= 0.3 is 5.97 Å². The lowest BCUT2D eigenvalue weighted by Gasteiger charge is -2.05. The van der Waals surface area contributed by atoms with Crippen LogP contribution < -0.4 is 4.74 Å². The highest BCUT2D eigenvalue weighted by Gasteiger charge is 2.07. The molecule has 0 fully saturated rings. The molecule has 0 saturated heterocycles. The topological polar surface area (TPSA) is 90.1 Å². The Morgan fingerprint density at radius 2 is 2.12 bits per heavy atom. The minimum Gasteiger partial charge on any atom is -0.486 e. The first-order valence-electron chi connectivity index (χ1n) is 7.05. The molecule has 0 spiro atoms. The monoisotopic (exact) mass is 344 g/mol. The molecule has 1 aromatic carbocycles. The van der Waals surface area contributed by atoms with Crippen LogP contribution in [0.25, 0.3) is 0 Å². The van der Waals surface area contributed by atoms with Crippen LogP contribution in [0.4, 0.5) is 0 Å². The largest absolute Gasteiger partial charge is 0.486 e. The molecule has 3 rings (SSSR count). The van der Waals surface area contributed by atoms with E-state index in [2.05, 4.69) is 15.3 Å². The lowest BCUT2D eigenvalue weighted by molar-refractivity contribution is 0.0696. The van der Waals surface area contributed by atoms with Crippen molar-refractivity contribution >= 4 is 17.6 Å². The molecule has 0 saturated carbocycles. The van der Waals surface area contributed by atoms with Crippen LogP contribution in [0, 0.1) is 0 Å². The standard InChI is InChI=1S/C16H13ClN4O3/c17-14-3-1-2-4-15(14)24-10-13-9-21(20-19-13)8-11-5-12(16(22)23)7-18-6-11/h1-7,9H,8,10H2,(H,22,23). The van der Waals surface area contributed by atoms with E-state index in [4.69, 9.17) is 21.4 Å². The maximum atomic E-state index is 11.0. The molecule has 122 valence electrons. The first kappa shape index (κ1) is 15.9. The second kappa shape index (κ2) is 7.10. The van der Waals surface area contributed by atoms with Crippen molar-refractivity contribution in [1.82, 2.24) is 20.0 Å². The smallest absolute Gasteiger partial charge is 0.337 e. The van der Waals surface area contributed by atoms with Crippen LogP contribution >= 0.6 is 11.6 Å². The molecule has 2 heterocycles. The Labute approximate surface area is 142 Å². The fraction of sp³-hybridized carbons (Fsp3) is 0.125. The molecule has 0 aliphatic heterocycles. The van der Waals surface area contributed by atoms with E-state index in [9.17, 15) is 4.79 Å². The molecule has 2 aromatic heterocycles. The van der Waals surface area contributed by atoms with Gasteiger partial charge in [-0.15, -0.1) is 5.10 Å². The van der Waals surface area contributed by atoms with E-state index in [1.54, 1.807) is 35.3 Å². The Morgan fingerprint density at radius 1 is 1.29 bits per heavy atom. The molecule has 0 amide bonds. The molecule has 7 nitrogen and oxygen atoms in total. The summed E-state index contributed by atoms with van der Waals surface area (Å²) < 4.78 is 7.19. The van der Waals surface area contributed by atoms with Gasteiger partial charge in [-0.25, -0.2) is 9.48 Å². The first-order chi connectivity index (χ1) is 11.6. The zero-order chi connectivity index (χ0) is 16.9. The molecule has 0 bridgehead atoms. The summed E-state index contributed by atoms with van der Waals surface area (Å²) in [5, 5.41) is 17.5. The van der Waals surface area contributed by atoms with Gasteiger partial charge in [-0.2, -0.15) is 0 Å². The predicted molar refractivity (Wildman–Crippen MR) is 86.1 cm³/mol. The van der Waals surface area contributed by atoms with Crippen molar-refractivity contribution in [3.05, 3.63) is 70.8 Å². The summed E-state index contributed by atoms with van der Waals surface area (Å²) in [5.41, 5.74) is 1.49. The second-order valence-electron chi connectivity index (χ2n) is 5.01. The van der Waals surface area contributed by atoms with E-state index in [1.807, 2.05) is 12.1 Å². The molecular weight excluding hydrogens is 332 g/mol. The number of carboxylic acids is 1. The third-order valence-electron chi connectivity index (χ3n) is 3.18. The van der Waals surface area contributed by atoms with E-state index in [0.29, 0.717) is 23.0 Å². The highest BCUT2D eigenvalue weighted by atomic mass is 35.5. The molecule has 8 heteroatoms. The van der Waals surface area contributed by atoms with Crippen molar-refractivity contribution in [2.45, 2.75) is 13.2 Å². The highest BCUT2D eigenvalue weighted by molar-refractivity contribution is 6.32. The van der Waals surface area contributed by atoms with E-state index in [0.717, 1.165) is 5.56 Å². The van der Waals surface area contributed by atoms with Crippen LogP contribution in [0.1, 0.15) is 21.6 Å². The molecule has 0 unspecified atom stereocenters. The maximum Gasteiger partial charge on any atom is 0.337 e. The van der Waals surface area contributed by atoms with Crippen LogP contribution in [-0.4, -0.2) is 31.1 Å². The number of ether oxygens (including phenoxy) is 1. The Balaban J connectivity index is 1.64. The zero-order valence-corrected chi connectivity index (χ0v) is 13.2. The van der Waals surface area contributed by atoms with Crippen molar-refractivity contribution in [2.75, 3.05) is 0 Å². The SMILES string of the molecule is O=C(O)c1cncc(Cn2cc(COc3ccccc3Cl)nn2)c1. The van der Waals surface area contributed by atoms with Gasteiger partial charge in [0, 0.05) is 12.4 Å². The highest BCUT2D eigenvalue weighted by Crippen LogP contribution is 2.23. The van der Waals surface area contributed by atoms with E-state index in [1.165, 1.54) is 6.20 Å². The van der Waals surface area contributed by atoms with E-state index in [-0.39, 0.29) is 12.2 Å². The van der Waals surface area contributed by atoms with E-state index >= 15 is 0 Å². The molecule has 0 atom stereocenters. The Morgan fingerprint density at radius 3 is 2.92 bits per heavy atom. The lowest BCUT2D eigenvalue weighted by atomic mass is 10.2. The summed E-state index contributed by atoms with van der Waals surface area (Å²) in [6.07, 6.45) is 4.62. The molecule has 3 aromatic rings. The minimum absolute atomic E-state index is 0.134. The van der Waals surface area contributed by atoms with Gasteiger partial charge < -0.3 is 9.84 Å². The summed E-state index contributed by atoms with van der Waals surface area (Å²) in [6, 6.07) is 8.73. The lowest BCUT2D eigenvalue weighted by Crippen LogP contribution is -2.04.